The van der Waals surface area contributed by atoms with E-state index in [1.165, 1.54) is 12.1 Å². The van der Waals surface area contributed by atoms with Gasteiger partial charge in [-0.05, 0) is 29.3 Å². The quantitative estimate of drug-likeness (QED) is 0.224. The maximum atomic E-state index is 12.8. The van der Waals surface area contributed by atoms with Crippen molar-refractivity contribution in [3.8, 4) is 5.75 Å². The highest BCUT2D eigenvalue weighted by Crippen LogP contribution is 2.31. The van der Waals surface area contributed by atoms with Gasteiger partial charge in [-0.25, -0.2) is 0 Å². The molecule has 2 aromatic rings. The number of aromatic hydroxyl groups is 1. The molecule has 1 amide bonds. The normalized spacial score (nSPS) is 16.1. The first kappa shape index (κ1) is 29.0. The van der Waals surface area contributed by atoms with Crippen LogP contribution in [0.25, 0.3) is 0 Å². The van der Waals surface area contributed by atoms with E-state index in [-0.39, 0.29) is 30.7 Å². The zero-order chi connectivity index (χ0) is 27.9. The van der Waals surface area contributed by atoms with Gasteiger partial charge in [-0.15, -0.1) is 0 Å². The van der Waals surface area contributed by atoms with Crippen LogP contribution in [-0.2, 0) is 19.7 Å². The lowest BCUT2D eigenvalue weighted by Gasteiger charge is -2.27. The number of aliphatic hydroxyl groups excluding tert-OH is 1. The Labute approximate surface area is 226 Å². The van der Waals surface area contributed by atoms with Gasteiger partial charge in [0.1, 0.15) is 5.75 Å². The van der Waals surface area contributed by atoms with E-state index < -0.39 is 24.0 Å². The van der Waals surface area contributed by atoms with Crippen LogP contribution in [0.15, 0.2) is 41.4 Å². The number of carbonyl (C=O) groups is 2. The van der Waals surface area contributed by atoms with E-state index in [2.05, 4.69) is 26.3 Å². The second-order valence-electron chi connectivity index (χ2n) is 9.78. The van der Waals surface area contributed by atoms with Crippen LogP contribution in [0.5, 0.6) is 5.75 Å². The van der Waals surface area contributed by atoms with Crippen molar-refractivity contribution in [2.24, 2.45) is 4.99 Å². The number of guanidine groups is 1. The number of β-amino-alcohol motifs (C(OH)–C–C–N with tert-alkyl or cyclic N) is 1. The van der Waals surface area contributed by atoms with E-state index in [1.807, 2.05) is 19.9 Å². The number of carboxylic acids is 1. The van der Waals surface area contributed by atoms with Gasteiger partial charge in [0.2, 0.25) is 5.91 Å². The van der Waals surface area contributed by atoms with Crippen molar-refractivity contribution in [2.75, 3.05) is 44.0 Å². The molecule has 11 nitrogen and oxygen atoms in total. The van der Waals surface area contributed by atoms with Crippen LogP contribution in [-0.4, -0.2) is 72.6 Å². The number of aliphatic hydroxyl groups is 1. The molecule has 1 heterocycles. The molecule has 1 aliphatic rings. The predicted molar refractivity (Wildman–Crippen MR) is 146 cm³/mol. The van der Waals surface area contributed by atoms with E-state index in [9.17, 15) is 24.9 Å². The maximum Gasteiger partial charge on any atom is 0.305 e. The lowest BCUT2D eigenvalue weighted by molar-refractivity contribution is -0.137. The van der Waals surface area contributed by atoms with Crippen molar-refractivity contribution in [2.45, 2.75) is 37.8 Å². The molecule has 206 valence electrons. The molecule has 1 aliphatic heterocycles. The van der Waals surface area contributed by atoms with Crippen molar-refractivity contribution in [1.29, 1.82) is 0 Å². The number of amides is 1. The van der Waals surface area contributed by atoms with Gasteiger partial charge in [0.05, 0.1) is 38.3 Å². The highest BCUT2D eigenvalue weighted by atomic mass is 35.5. The minimum atomic E-state index is -1.07. The van der Waals surface area contributed by atoms with Gasteiger partial charge in [-0.2, -0.15) is 0 Å². The van der Waals surface area contributed by atoms with Crippen molar-refractivity contribution in [3.63, 3.8) is 0 Å². The van der Waals surface area contributed by atoms with Crippen LogP contribution in [0.4, 0.5) is 11.4 Å². The van der Waals surface area contributed by atoms with Gasteiger partial charge in [0, 0.05) is 47.6 Å². The molecular formula is C26H34ClN5O6. The summed E-state index contributed by atoms with van der Waals surface area (Å²) in [5.41, 5.74) is 2.02. The summed E-state index contributed by atoms with van der Waals surface area (Å²) in [4.78, 5) is 28.6. The van der Waals surface area contributed by atoms with Crippen LogP contribution in [0.3, 0.4) is 0 Å². The predicted octanol–water partition coefficient (Wildman–Crippen LogP) is 2.45. The Morgan fingerprint density at radius 2 is 1.95 bits per heavy atom. The van der Waals surface area contributed by atoms with E-state index in [4.69, 9.17) is 16.3 Å². The molecule has 3 rings (SSSR count). The standard InChI is InChI=1S/C26H34ClN5O6/c1-26(2,14-38-3)16-4-15(5-17(27)6-16)22(10-24(36)37)32-23(35)13-28-18-7-19(9-20(33)8-18)31-25-29-11-21(34)12-30-25/h4-9,21-22,28,33-34H,10-14H2,1-3H3,(H,32,35)(H,36,37)(H2,29,30,31). The lowest BCUT2D eigenvalue weighted by Crippen LogP contribution is -2.42. The number of phenols is 1. The molecule has 0 radical (unpaired) electrons. The SMILES string of the molecule is COCC(C)(C)c1cc(Cl)cc(C(CC(=O)O)NC(=O)CNc2cc(O)cc(NC3=NCC(O)CN3)c2)c1. The largest absolute Gasteiger partial charge is 0.508 e. The summed E-state index contributed by atoms with van der Waals surface area (Å²) >= 11 is 6.35. The van der Waals surface area contributed by atoms with Crippen LogP contribution in [0.1, 0.15) is 37.4 Å². The molecule has 0 bridgehead atoms. The third-order valence-corrected chi connectivity index (χ3v) is 6.14. The first-order valence-electron chi connectivity index (χ1n) is 12.1. The highest BCUT2D eigenvalue weighted by Gasteiger charge is 2.25. The van der Waals surface area contributed by atoms with Gasteiger partial charge >= 0.3 is 5.97 Å². The number of aliphatic carboxylic acids is 1. The fraction of sp³-hybridized carbons (Fsp3) is 0.423. The van der Waals surface area contributed by atoms with Gasteiger partial charge in [-0.3, -0.25) is 14.6 Å². The summed E-state index contributed by atoms with van der Waals surface area (Å²) in [5, 5.41) is 41.2. The Hall–Kier alpha value is -3.54. The molecule has 38 heavy (non-hydrogen) atoms. The van der Waals surface area contributed by atoms with Crippen molar-refractivity contribution in [3.05, 3.63) is 52.5 Å². The minimum absolute atomic E-state index is 0.0387. The van der Waals surface area contributed by atoms with Gasteiger partial charge < -0.3 is 41.3 Å². The Kier molecular flexibility index (Phi) is 9.78. The number of carbonyl (C=O) groups excluding carboxylic acids is 1. The number of anilines is 2. The summed E-state index contributed by atoms with van der Waals surface area (Å²) in [6.45, 7) is 4.84. The Morgan fingerprint density at radius 1 is 1.21 bits per heavy atom. The zero-order valence-electron chi connectivity index (χ0n) is 21.5. The monoisotopic (exact) mass is 547 g/mol. The molecule has 0 saturated heterocycles. The Bertz CT molecular complexity index is 1190. The second-order valence-corrected chi connectivity index (χ2v) is 10.2. The van der Waals surface area contributed by atoms with Gasteiger partial charge in [0.15, 0.2) is 5.96 Å². The van der Waals surface area contributed by atoms with E-state index in [0.717, 1.165) is 5.56 Å². The van der Waals surface area contributed by atoms with Crippen molar-refractivity contribution in [1.82, 2.24) is 10.6 Å². The van der Waals surface area contributed by atoms with E-state index in [0.29, 0.717) is 41.1 Å². The first-order valence-corrected chi connectivity index (χ1v) is 12.5. The number of nitrogens with one attached hydrogen (secondary N) is 4. The highest BCUT2D eigenvalue weighted by molar-refractivity contribution is 6.30. The number of rotatable bonds is 11. The van der Waals surface area contributed by atoms with Crippen LogP contribution >= 0.6 is 11.6 Å². The molecule has 2 unspecified atom stereocenters. The maximum absolute atomic E-state index is 12.8. The summed E-state index contributed by atoms with van der Waals surface area (Å²) in [7, 11) is 1.60. The number of methoxy groups -OCH3 is 1. The average Bonchev–Trinajstić information content (AvgIpc) is 2.83. The zero-order valence-corrected chi connectivity index (χ0v) is 22.3. The van der Waals surface area contributed by atoms with Crippen LogP contribution in [0, 0.1) is 0 Å². The summed E-state index contributed by atoms with van der Waals surface area (Å²) in [5.74, 6) is -1.10. The van der Waals surface area contributed by atoms with Crippen molar-refractivity contribution >= 4 is 40.8 Å². The number of hydrogen-bond acceptors (Lipinski definition) is 9. The number of halogens is 1. The Balaban J connectivity index is 1.70. The third-order valence-electron chi connectivity index (χ3n) is 5.92. The molecule has 2 atom stereocenters. The number of hydrogen-bond donors (Lipinski definition) is 7. The molecule has 2 aromatic carbocycles. The van der Waals surface area contributed by atoms with Crippen LogP contribution in [0.2, 0.25) is 5.02 Å². The van der Waals surface area contributed by atoms with E-state index in [1.54, 1.807) is 25.3 Å². The fourth-order valence-corrected chi connectivity index (χ4v) is 4.28. The molecule has 12 heteroatoms. The third kappa shape index (κ3) is 8.51. The minimum Gasteiger partial charge on any atom is -0.508 e. The van der Waals surface area contributed by atoms with E-state index >= 15 is 0 Å². The summed E-state index contributed by atoms with van der Waals surface area (Å²) in [6, 6.07) is 9.08. The summed E-state index contributed by atoms with van der Waals surface area (Å²) < 4.78 is 5.31. The molecular weight excluding hydrogens is 514 g/mol. The molecule has 0 fully saturated rings. The number of phenolic OH excluding ortho intramolecular Hbond substituents is 1. The molecule has 7 N–H and O–H groups in total. The smallest absolute Gasteiger partial charge is 0.305 e. The summed E-state index contributed by atoms with van der Waals surface area (Å²) in [6.07, 6.45) is -0.888. The molecule has 0 aromatic heterocycles. The second kappa shape index (κ2) is 12.8. The molecule has 0 saturated carbocycles. The van der Waals surface area contributed by atoms with Crippen LogP contribution < -0.4 is 21.3 Å². The number of ether oxygens (including phenoxy) is 1. The Morgan fingerprint density at radius 3 is 2.61 bits per heavy atom. The number of aliphatic imine (C=N–C) groups is 1. The molecule has 0 aliphatic carbocycles. The number of carboxylic acid groups (broad SMARTS) is 1. The number of nitrogens with zero attached hydrogens (tertiary/aromatic N) is 1. The first-order chi connectivity index (χ1) is 17.9. The van der Waals surface area contributed by atoms with Gasteiger partial charge in [-0.1, -0.05) is 31.5 Å². The average molecular weight is 548 g/mol. The molecule has 0 spiro atoms. The lowest BCUT2D eigenvalue weighted by atomic mass is 9.84. The number of benzene rings is 2. The topological polar surface area (TPSA) is 165 Å². The van der Waals surface area contributed by atoms with Gasteiger partial charge in [0.25, 0.3) is 0 Å². The van der Waals surface area contributed by atoms with Crippen molar-refractivity contribution < 1.29 is 29.6 Å². The fourth-order valence-electron chi connectivity index (χ4n) is 4.04.